The van der Waals surface area contributed by atoms with Gasteiger partial charge < -0.3 is 15.3 Å². The summed E-state index contributed by atoms with van der Waals surface area (Å²) in [5.41, 5.74) is 2.30. The van der Waals surface area contributed by atoms with Crippen LogP contribution in [0.2, 0.25) is 0 Å². The molecule has 140 valence electrons. The van der Waals surface area contributed by atoms with Gasteiger partial charge in [0.15, 0.2) is 0 Å². The largest absolute Gasteiger partial charge is 0.391 e. The van der Waals surface area contributed by atoms with E-state index in [1.807, 2.05) is 37.3 Å². The van der Waals surface area contributed by atoms with Crippen LogP contribution in [-0.4, -0.2) is 28.8 Å². The van der Waals surface area contributed by atoms with Crippen molar-refractivity contribution >= 4 is 24.4 Å². The van der Waals surface area contributed by atoms with Crippen molar-refractivity contribution in [1.82, 2.24) is 5.32 Å². The molecule has 0 aliphatic rings. The number of nitrogens with zero attached hydrogens (tertiary/aromatic N) is 1. The Labute approximate surface area is 164 Å². The Hall–Kier alpha value is -1.48. The van der Waals surface area contributed by atoms with E-state index in [9.17, 15) is 14.6 Å². The number of benzene rings is 2. The minimum Gasteiger partial charge on any atom is -0.391 e. The van der Waals surface area contributed by atoms with Gasteiger partial charge in [0, 0.05) is 18.7 Å². The van der Waals surface area contributed by atoms with E-state index in [1.54, 1.807) is 24.3 Å². The zero-order valence-electron chi connectivity index (χ0n) is 14.6. The second-order valence-corrected chi connectivity index (χ2v) is 8.57. The van der Waals surface area contributed by atoms with Crippen LogP contribution in [-0.2, 0) is 10.7 Å². The number of hydrogen-bond donors (Lipinski definition) is 3. The Bertz CT molecular complexity index is 780. The predicted molar refractivity (Wildman–Crippen MR) is 109 cm³/mol. The maximum Gasteiger partial charge on any atom is 0.207 e. The molecule has 2 rings (SSSR count). The highest BCUT2D eigenvalue weighted by atomic mass is 79.9. The van der Waals surface area contributed by atoms with E-state index in [1.165, 1.54) is 0 Å². The summed E-state index contributed by atoms with van der Waals surface area (Å²) in [4.78, 5) is 10.1. The minimum atomic E-state index is -3.45. The van der Waals surface area contributed by atoms with Crippen molar-refractivity contribution in [1.29, 1.82) is 5.26 Å². The normalized spacial score (nSPS) is 15.2. The molecule has 3 N–H and O–H groups in total. The van der Waals surface area contributed by atoms with Gasteiger partial charge in [-0.3, -0.25) is 4.57 Å². The summed E-state index contributed by atoms with van der Waals surface area (Å²) in [5, 5.41) is 22.2. The van der Waals surface area contributed by atoms with Crippen LogP contribution < -0.4 is 5.32 Å². The van der Waals surface area contributed by atoms with Crippen LogP contribution in [0.25, 0.3) is 0 Å². The number of nitriles is 1. The summed E-state index contributed by atoms with van der Waals surface area (Å²) in [6.45, 7) is 2.13. The number of halogens is 1. The second-order valence-electron chi connectivity index (χ2n) is 6.19. The first-order chi connectivity index (χ1) is 11.9. The Morgan fingerprint density at radius 2 is 1.88 bits per heavy atom. The van der Waals surface area contributed by atoms with Gasteiger partial charge >= 0.3 is 0 Å². The van der Waals surface area contributed by atoms with Gasteiger partial charge in [-0.1, -0.05) is 42.5 Å². The summed E-state index contributed by atoms with van der Waals surface area (Å²) >= 11 is 0. The van der Waals surface area contributed by atoms with Crippen molar-refractivity contribution in [3.8, 4) is 6.07 Å². The van der Waals surface area contributed by atoms with Gasteiger partial charge in [0.1, 0.15) is 0 Å². The Balaban J connectivity index is 0.00000338. The molecular formula is C19H24BrN2O3P. The molecule has 0 fully saturated rings. The molecule has 2 aromatic carbocycles. The highest BCUT2D eigenvalue weighted by molar-refractivity contribution is 8.93. The molecule has 2 aromatic rings. The lowest BCUT2D eigenvalue weighted by Crippen LogP contribution is -2.31. The van der Waals surface area contributed by atoms with Gasteiger partial charge in [0.25, 0.3) is 0 Å². The third-order valence-corrected chi connectivity index (χ3v) is 5.80. The summed E-state index contributed by atoms with van der Waals surface area (Å²) in [5.74, 6) is 0. The number of rotatable bonds is 8. The molecule has 0 radical (unpaired) electrons. The van der Waals surface area contributed by atoms with Crippen LogP contribution in [0.15, 0.2) is 54.6 Å². The number of aliphatic hydroxyl groups excluding tert-OH is 1. The molecule has 0 saturated carbocycles. The summed E-state index contributed by atoms with van der Waals surface area (Å²) in [6.07, 6.45) is -1.01. The molecule has 0 saturated heterocycles. The van der Waals surface area contributed by atoms with Crippen molar-refractivity contribution in [2.45, 2.75) is 25.2 Å². The first kappa shape index (κ1) is 22.6. The molecule has 0 amide bonds. The average molecular weight is 439 g/mol. The highest BCUT2D eigenvalue weighted by Gasteiger charge is 2.23. The first-order valence-corrected chi connectivity index (χ1v) is 10.2. The molecule has 5 nitrogen and oxygen atoms in total. The van der Waals surface area contributed by atoms with Crippen molar-refractivity contribution in [2.24, 2.45) is 0 Å². The summed E-state index contributed by atoms with van der Waals surface area (Å²) in [7, 11) is -3.45. The summed E-state index contributed by atoms with van der Waals surface area (Å²) in [6, 6.07) is 18.4. The molecule has 0 heterocycles. The van der Waals surface area contributed by atoms with Gasteiger partial charge in [-0.15, -0.1) is 17.0 Å². The van der Waals surface area contributed by atoms with E-state index >= 15 is 0 Å². The van der Waals surface area contributed by atoms with Gasteiger partial charge in [0.05, 0.1) is 23.9 Å². The molecule has 0 aromatic heterocycles. The van der Waals surface area contributed by atoms with E-state index in [4.69, 9.17) is 5.26 Å². The van der Waals surface area contributed by atoms with E-state index < -0.39 is 13.5 Å². The monoisotopic (exact) mass is 438 g/mol. The molecule has 26 heavy (non-hydrogen) atoms. The van der Waals surface area contributed by atoms with Crippen molar-refractivity contribution in [3.05, 3.63) is 71.3 Å². The molecule has 2 unspecified atom stereocenters. The molecule has 7 heteroatoms. The molecule has 0 aliphatic carbocycles. The molecule has 0 spiro atoms. The van der Waals surface area contributed by atoms with Crippen LogP contribution in [0, 0.1) is 11.3 Å². The van der Waals surface area contributed by atoms with Crippen LogP contribution in [0.5, 0.6) is 0 Å². The van der Waals surface area contributed by atoms with Crippen LogP contribution >= 0.6 is 24.4 Å². The first-order valence-electron chi connectivity index (χ1n) is 8.16. The fourth-order valence-corrected chi connectivity index (χ4v) is 4.33. The van der Waals surface area contributed by atoms with Gasteiger partial charge in [0.2, 0.25) is 7.37 Å². The van der Waals surface area contributed by atoms with Gasteiger partial charge in [-0.25, -0.2) is 0 Å². The molecule has 0 bridgehead atoms. The lowest BCUT2D eigenvalue weighted by Gasteiger charge is -2.20. The smallest absolute Gasteiger partial charge is 0.207 e. The fraction of sp³-hybridized carbons (Fsp3) is 0.316. The van der Waals surface area contributed by atoms with E-state index in [-0.39, 0.29) is 41.9 Å². The summed E-state index contributed by atoms with van der Waals surface area (Å²) < 4.78 is 12.3. The van der Waals surface area contributed by atoms with Crippen LogP contribution in [0.1, 0.15) is 29.7 Å². The third-order valence-electron chi connectivity index (χ3n) is 3.94. The lowest BCUT2D eigenvalue weighted by atomic mass is 10.1. The van der Waals surface area contributed by atoms with E-state index in [2.05, 4.69) is 11.4 Å². The number of hydrogen-bond acceptors (Lipinski definition) is 4. The fourth-order valence-electron chi connectivity index (χ4n) is 2.64. The SMILES string of the molecule is Br.CC(NC[C@H](O)CP(=O)(O)Cc1ccccc1)c1cccc(C#N)c1. The number of nitrogens with one attached hydrogen (secondary N) is 1. The van der Waals surface area contributed by atoms with Gasteiger partial charge in [-0.2, -0.15) is 5.26 Å². The lowest BCUT2D eigenvalue weighted by molar-refractivity contribution is 0.186. The Morgan fingerprint density at radius 3 is 2.54 bits per heavy atom. The zero-order chi connectivity index (χ0) is 18.3. The second kappa shape index (κ2) is 10.6. The molecular weight excluding hydrogens is 415 g/mol. The Kier molecular flexibility index (Phi) is 9.21. The van der Waals surface area contributed by atoms with Gasteiger partial charge in [-0.05, 0) is 30.2 Å². The van der Waals surface area contributed by atoms with Crippen molar-refractivity contribution in [3.63, 3.8) is 0 Å². The maximum absolute atomic E-state index is 12.3. The van der Waals surface area contributed by atoms with Crippen molar-refractivity contribution in [2.75, 3.05) is 12.7 Å². The zero-order valence-corrected chi connectivity index (χ0v) is 17.2. The topological polar surface area (TPSA) is 93.3 Å². The minimum absolute atomic E-state index is 0. The van der Waals surface area contributed by atoms with E-state index in [0.717, 1.165) is 11.1 Å². The average Bonchev–Trinajstić information content (AvgIpc) is 2.59. The Morgan fingerprint density at radius 1 is 1.19 bits per heavy atom. The predicted octanol–water partition coefficient (Wildman–Crippen LogP) is 3.62. The third kappa shape index (κ3) is 7.41. The maximum atomic E-state index is 12.3. The molecule has 0 aliphatic heterocycles. The van der Waals surface area contributed by atoms with Crippen LogP contribution in [0.3, 0.4) is 0 Å². The van der Waals surface area contributed by atoms with Crippen LogP contribution in [0.4, 0.5) is 0 Å². The quantitative estimate of drug-likeness (QED) is 0.547. The van der Waals surface area contributed by atoms with Crippen molar-refractivity contribution < 1.29 is 14.6 Å². The standard InChI is InChI=1S/C19H23N2O3P.BrH/c1-15(18-9-5-8-17(10-18)11-20)21-12-19(22)14-25(23,24)13-16-6-3-2-4-7-16;/h2-10,15,19,21-22H,12-14H2,1H3,(H,23,24);1H/t15?,19-;/m0./s1. The number of aliphatic hydroxyl groups is 1. The highest BCUT2D eigenvalue weighted by Crippen LogP contribution is 2.44. The molecule has 3 atom stereocenters. The van der Waals surface area contributed by atoms with E-state index in [0.29, 0.717) is 5.56 Å².